The van der Waals surface area contributed by atoms with E-state index in [4.69, 9.17) is 0 Å². The third-order valence-electron chi connectivity index (χ3n) is 1.56. The quantitative estimate of drug-likeness (QED) is 0.487. The number of nitrogens with zero attached hydrogens (tertiary/aromatic N) is 1. The van der Waals surface area contributed by atoms with Gasteiger partial charge in [0.1, 0.15) is 0 Å². The summed E-state index contributed by atoms with van der Waals surface area (Å²) in [6.45, 7) is -6.66. The number of nitro benzene ring substituents is 1. The second-order valence-electron chi connectivity index (χ2n) is 2.87. The van der Waals surface area contributed by atoms with Crippen molar-refractivity contribution in [2.75, 3.05) is 6.51 Å². The highest BCUT2D eigenvalue weighted by atomic mass is 79.9. The van der Waals surface area contributed by atoms with E-state index in [1.807, 2.05) is 0 Å². The van der Waals surface area contributed by atoms with E-state index < -0.39 is 29.8 Å². The van der Waals surface area contributed by atoms with Gasteiger partial charge in [-0.05, 0) is 22.0 Å². The Bertz CT molecular complexity index is 412. The molecular weight excluding hydrogens is 294 g/mol. The molecule has 0 aliphatic carbocycles. The van der Waals surface area contributed by atoms with Gasteiger partial charge in [-0.25, -0.2) is 0 Å². The lowest BCUT2D eigenvalue weighted by atomic mass is 9.95. The lowest BCUT2D eigenvalue weighted by Gasteiger charge is -2.15. The predicted octanol–water partition coefficient (Wildman–Crippen LogP) is 3.12. The molecule has 1 rings (SSSR count). The van der Waals surface area contributed by atoms with E-state index >= 15 is 0 Å². The van der Waals surface area contributed by atoms with Crippen LogP contribution < -0.4 is 4.74 Å². The third kappa shape index (κ3) is 3.40. The Balaban J connectivity index is 2.98. The largest absolute Gasteiger partial charge is 0.516 e. The van der Waals surface area contributed by atoms with E-state index in [1.54, 1.807) is 0 Å². The molecule has 0 bridgehead atoms. The molecule has 0 aromatic heterocycles. The topological polar surface area (TPSA) is 52.4 Å². The molecule has 0 amide bonds. The van der Waals surface area contributed by atoms with E-state index in [9.17, 15) is 23.1 Å². The molecule has 0 fully saturated rings. The van der Waals surface area contributed by atoms with Crippen LogP contribution >= 0.6 is 15.9 Å². The number of nitro groups is 1. The Morgan fingerprint density at radius 2 is 2.06 bits per heavy atom. The molecule has 0 spiro atoms. The van der Waals surface area contributed by atoms with Crippen LogP contribution in [0.3, 0.4) is 0 Å². The Morgan fingerprint density at radius 1 is 1.44 bits per heavy atom. The van der Waals surface area contributed by atoms with E-state index in [0.717, 1.165) is 6.07 Å². The minimum atomic E-state index is -5.15. The van der Waals surface area contributed by atoms with Crippen molar-refractivity contribution in [3.8, 4) is 5.75 Å². The average molecular weight is 299 g/mol. The van der Waals surface area contributed by atoms with Gasteiger partial charge in [0, 0.05) is 6.07 Å². The maximum atomic E-state index is 12.0. The highest BCUT2D eigenvalue weighted by Gasteiger charge is 2.27. The maximum absolute atomic E-state index is 12.0. The van der Waals surface area contributed by atoms with E-state index in [1.165, 1.54) is 12.1 Å². The predicted molar refractivity (Wildman–Crippen MR) is 55.4 cm³/mol. The van der Waals surface area contributed by atoms with Crippen LogP contribution in [-0.2, 0) is 0 Å². The van der Waals surface area contributed by atoms with Crippen LogP contribution in [0.2, 0.25) is 0 Å². The minimum Gasteiger partial charge on any atom is -0.516 e. The van der Waals surface area contributed by atoms with Gasteiger partial charge in [-0.1, -0.05) is 6.07 Å². The van der Waals surface area contributed by atoms with Crippen LogP contribution in [0.4, 0.5) is 18.6 Å². The summed E-state index contributed by atoms with van der Waals surface area (Å²) in [5.74, 6) is -0.410. The van der Waals surface area contributed by atoms with Crippen molar-refractivity contribution in [1.29, 1.82) is 0 Å². The summed E-state index contributed by atoms with van der Waals surface area (Å²) in [5.41, 5.74) is -0.505. The first-order valence-corrected chi connectivity index (χ1v) is 4.87. The number of para-hydroxylation sites is 1. The molecule has 0 N–H and O–H groups in total. The van der Waals surface area contributed by atoms with Gasteiger partial charge >= 0.3 is 12.7 Å². The molecule has 88 valence electrons. The molecule has 1 aromatic rings. The van der Waals surface area contributed by atoms with Gasteiger partial charge < -0.3 is 17.7 Å². The first kappa shape index (κ1) is 12.8. The van der Waals surface area contributed by atoms with E-state index in [2.05, 4.69) is 20.7 Å². The van der Waals surface area contributed by atoms with Crippen molar-refractivity contribution in [2.24, 2.45) is 0 Å². The van der Waals surface area contributed by atoms with Crippen molar-refractivity contribution >= 4 is 28.6 Å². The van der Waals surface area contributed by atoms with Gasteiger partial charge in [-0.2, -0.15) is 0 Å². The van der Waals surface area contributed by atoms with Gasteiger partial charge in [0.25, 0.3) is 0 Å². The first-order valence-electron chi connectivity index (χ1n) is 4.08. The van der Waals surface area contributed by atoms with Gasteiger partial charge in [-0.3, -0.25) is 10.1 Å². The summed E-state index contributed by atoms with van der Waals surface area (Å²) in [6, 6.07) is 3.78. The molecular formula is C7H5BBrF3NO3-. The number of hydrogen-bond acceptors (Lipinski definition) is 3. The highest BCUT2D eigenvalue weighted by molar-refractivity contribution is 9.10. The summed E-state index contributed by atoms with van der Waals surface area (Å²) in [5, 5.41) is 10.5. The lowest BCUT2D eigenvalue weighted by Crippen LogP contribution is -2.26. The van der Waals surface area contributed by atoms with Crippen molar-refractivity contribution in [1.82, 2.24) is 0 Å². The molecule has 16 heavy (non-hydrogen) atoms. The third-order valence-corrected chi connectivity index (χ3v) is 2.18. The Kier molecular flexibility index (Phi) is 3.79. The molecule has 0 aliphatic heterocycles. The summed E-state index contributed by atoms with van der Waals surface area (Å²) < 4.78 is 40.4. The SMILES string of the molecule is O=[N+]([O-])c1cccc(Br)c1OC[B-](F)(F)F. The van der Waals surface area contributed by atoms with Crippen LogP contribution in [0, 0.1) is 10.1 Å². The van der Waals surface area contributed by atoms with Crippen LogP contribution in [-0.4, -0.2) is 18.4 Å². The molecule has 0 atom stereocenters. The zero-order chi connectivity index (χ0) is 12.3. The molecule has 0 heterocycles. The van der Waals surface area contributed by atoms with E-state index in [-0.39, 0.29) is 4.47 Å². The van der Waals surface area contributed by atoms with Crippen molar-refractivity contribution in [2.45, 2.75) is 0 Å². The fourth-order valence-electron chi connectivity index (χ4n) is 0.962. The second kappa shape index (κ2) is 4.73. The summed E-state index contributed by atoms with van der Waals surface area (Å²) in [7, 11) is 0. The van der Waals surface area contributed by atoms with Gasteiger partial charge in [-0.15, -0.1) is 0 Å². The standard InChI is InChI=1S/C7H5BBrF3NO3/c9-5-2-1-3-6(13(14)15)7(5)16-4-8(10,11)12/h1-3H,4H2/q-1. The Hall–Kier alpha value is -1.25. The highest BCUT2D eigenvalue weighted by Crippen LogP contribution is 2.35. The van der Waals surface area contributed by atoms with Crippen LogP contribution in [0.5, 0.6) is 5.75 Å². The number of ether oxygens (including phenoxy) is 1. The molecule has 0 saturated heterocycles. The maximum Gasteiger partial charge on any atom is 0.515 e. The van der Waals surface area contributed by atoms with Crippen LogP contribution in [0.15, 0.2) is 22.7 Å². The van der Waals surface area contributed by atoms with Crippen molar-refractivity contribution < 1.29 is 22.6 Å². The number of hydrogen-bond donors (Lipinski definition) is 0. The Labute approximate surface area is 96.7 Å². The molecule has 4 nitrogen and oxygen atoms in total. The smallest absolute Gasteiger partial charge is 0.515 e. The summed E-state index contributed by atoms with van der Waals surface area (Å²) in [4.78, 5) is 9.72. The molecule has 1 aromatic carbocycles. The number of benzene rings is 1. The normalized spacial score (nSPS) is 11.2. The molecule has 0 aliphatic rings. The summed E-state index contributed by atoms with van der Waals surface area (Å²) >= 11 is 2.89. The van der Waals surface area contributed by atoms with Gasteiger partial charge in [0.15, 0.2) is 0 Å². The van der Waals surface area contributed by atoms with Crippen molar-refractivity contribution in [3.05, 3.63) is 32.8 Å². The first-order chi connectivity index (χ1) is 7.31. The fourth-order valence-corrected chi connectivity index (χ4v) is 1.43. The zero-order valence-electron chi connectivity index (χ0n) is 7.70. The molecule has 9 heteroatoms. The van der Waals surface area contributed by atoms with Crippen LogP contribution in [0.1, 0.15) is 0 Å². The Morgan fingerprint density at radius 3 is 2.56 bits per heavy atom. The fraction of sp³-hybridized carbons (Fsp3) is 0.143. The number of halogens is 4. The lowest BCUT2D eigenvalue weighted by molar-refractivity contribution is -0.385. The van der Waals surface area contributed by atoms with Gasteiger partial charge in [0.2, 0.25) is 5.75 Å². The number of rotatable bonds is 4. The van der Waals surface area contributed by atoms with Crippen LogP contribution in [0.25, 0.3) is 0 Å². The minimum absolute atomic E-state index is 0.113. The average Bonchev–Trinajstić information content (AvgIpc) is 2.13. The monoisotopic (exact) mass is 298 g/mol. The second-order valence-corrected chi connectivity index (χ2v) is 3.72. The van der Waals surface area contributed by atoms with Crippen molar-refractivity contribution in [3.63, 3.8) is 0 Å². The molecule has 0 saturated carbocycles. The van der Waals surface area contributed by atoms with E-state index in [0.29, 0.717) is 0 Å². The molecule has 0 radical (unpaired) electrons. The summed E-state index contributed by atoms with van der Waals surface area (Å²) in [6.07, 6.45) is 0. The molecule has 0 unspecified atom stereocenters. The van der Waals surface area contributed by atoms with Gasteiger partial charge in [0.05, 0.1) is 15.9 Å². The zero-order valence-corrected chi connectivity index (χ0v) is 9.29.